The zero-order valence-corrected chi connectivity index (χ0v) is 12.3. The van der Waals surface area contributed by atoms with E-state index in [1.807, 2.05) is 18.7 Å². The average Bonchev–Trinajstić information content (AvgIpc) is 2.46. The Morgan fingerprint density at radius 2 is 2.15 bits per heavy atom. The Morgan fingerprint density at radius 1 is 1.40 bits per heavy atom. The van der Waals surface area contributed by atoms with Crippen molar-refractivity contribution in [1.29, 1.82) is 0 Å². The molecule has 5 heteroatoms. The van der Waals surface area contributed by atoms with Crippen molar-refractivity contribution < 1.29 is 14.3 Å². The third-order valence-electron chi connectivity index (χ3n) is 3.02. The van der Waals surface area contributed by atoms with Crippen molar-refractivity contribution in [3.63, 3.8) is 0 Å². The van der Waals surface area contributed by atoms with Crippen LogP contribution >= 0.6 is 0 Å². The summed E-state index contributed by atoms with van der Waals surface area (Å²) in [6.45, 7) is 6.16. The molecule has 0 bridgehead atoms. The zero-order chi connectivity index (χ0) is 15.0. The van der Waals surface area contributed by atoms with Crippen molar-refractivity contribution in [3.8, 4) is 5.75 Å². The molecule has 0 radical (unpaired) electrons. The second-order valence-electron chi connectivity index (χ2n) is 4.45. The number of amides is 1. The molecule has 1 aromatic carbocycles. The summed E-state index contributed by atoms with van der Waals surface area (Å²) < 4.78 is 5.30. The Labute approximate surface area is 119 Å². The van der Waals surface area contributed by atoms with Crippen LogP contribution in [0.3, 0.4) is 0 Å². The van der Waals surface area contributed by atoms with Gasteiger partial charge in [0.2, 0.25) is 5.91 Å². The lowest BCUT2D eigenvalue weighted by atomic mass is 10.1. The molecule has 0 aliphatic carbocycles. The second-order valence-corrected chi connectivity index (χ2v) is 4.45. The molecule has 0 fully saturated rings. The fourth-order valence-electron chi connectivity index (χ4n) is 1.97. The summed E-state index contributed by atoms with van der Waals surface area (Å²) in [4.78, 5) is 24.5. The summed E-state index contributed by atoms with van der Waals surface area (Å²) >= 11 is 0. The van der Waals surface area contributed by atoms with E-state index in [1.165, 1.54) is 0 Å². The Kier molecular flexibility index (Phi) is 6.73. The van der Waals surface area contributed by atoms with Crippen LogP contribution in [-0.2, 0) is 11.3 Å². The van der Waals surface area contributed by atoms with E-state index in [0.717, 1.165) is 24.1 Å². The molecule has 20 heavy (non-hydrogen) atoms. The first-order valence-electron chi connectivity index (χ1n) is 6.75. The third-order valence-corrected chi connectivity index (χ3v) is 3.02. The van der Waals surface area contributed by atoms with Crippen molar-refractivity contribution in [2.75, 3.05) is 26.7 Å². The molecule has 1 N–H and O–H groups in total. The van der Waals surface area contributed by atoms with Gasteiger partial charge >= 0.3 is 0 Å². The van der Waals surface area contributed by atoms with E-state index in [-0.39, 0.29) is 5.91 Å². The number of carbonyl (C=O) groups excluding carboxylic acids is 2. The molecule has 110 valence electrons. The van der Waals surface area contributed by atoms with Crippen LogP contribution in [0.4, 0.5) is 0 Å². The number of aldehydes is 1. The molecule has 1 amide bonds. The number of nitrogens with zero attached hydrogens (tertiary/aromatic N) is 1. The largest absolute Gasteiger partial charge is 0.496 e. The monoisotopic (exact) mass is 278 g/mol. The number of rotatable bonds is 8. The Hall–Kier alpha value is -1.88. The number of nitrogens with one attached hydrogen (secondary N) is 1. The molecular weight excluding hydrogens is 256 g/mol. The standard InChI is InChI=1S/C15H22N2O3/c1-4-16-15(19)10-17(5-2)9-13-8-12(11-18)6-7-14(13)20-3/h6-8,11H,4-5,9-10H2,1-3H3,(H,16,19). The van der Waals surface area contributed by atoms with E-state index in [4.69, 9.17) is 4.74 Å². The van der Waals surface area contributed by atoms with E-state index >= 15 is 0 Å². The first kappa shape index (κ1) is 16.2. The van der Waals surface area contributed by atoms with Crippen LogP contribution in [0.1, 0.15) is 29.8 Å². The highest BCUT2D eigenvalue weighted by Crippen LogP contribution is 2.21. The van der Waals surface area contributed by atoms with Crippen molar-refractivity contribution >= 4 is 12.2 Å². The third kappa shape index (κ3) is 4.66. The van der Waals surface area contributed by atoms with Crippen LogP contribution < -0.4 is 10.1 Å². The van der Waals surface area contributed by atoms with E-state index < -0.39 is 0 Å². The zero-order valence-electron chi connectivity index (χ0n) is 12.3. The molecular formula is C15H22N2O3. The fraction of sp³-hybridized carbons (Fsp3) is 0.467. The summed E-state index contributed by atoms with van der Waals surface area (Å²) in [5, 5.41) is 2.78. The number of methoxy groups -OCH3 is 1. The van der Waals surface area contributed by atoms with Gasteiger partial charge in [0.25, 0.3) is 0 Å². The summed E-state index contributed by atoms with van der Waals surface area (Å²) in [5.74, 6) is 0.727. The van der Waals surface area contributed by atoms with Crippen LogP contribution in [0, 0.1) is 0 Å². The van der Waals surface area contributed by atoms with Crippen molar-refractivity contribution in [2.45, 2.75) is 20.4 Å². The van der Waals surface area contributed by atoms with Crippen LogP contribution in [0.2, 0.25) is 0 Å². The molecule has 0 atom stereocenters. The predicted octanol–water partition coefficient (Wildman–Crippen LogP) is 1.47. The van der Waals surface area contributed by atoms with Crippen molar-refractivity contribution in [2.24, 2.45) is 0 Å². The van der Waals surface area contributed by atoms with Crippen LogP contribution in [0.15, 0.2) is 18.2 Å². The number of carbonyl (C=O) groups is 2. The lowest BCUT2D eigenvalue weighted by Crippen LogP contribution is -2.36. The van der Waals surface area contributed by atoms with E-state index in [9.17, 15) is 9.59 Å². The maximum Gasteiger partial charge on any atom is 0.234 e. The number of ether oxygens (including phenoxy) is 1. The second kappa shape index (κ2) is 8.32. The van der Waals surface area contributed by atoms with Crippen LogP contribution in [0.25, 0.3) is 0 Å². The highest BCUT2D eigenvalue weighted by Gasteiger charge is 2.12. The molecule has 5 nitrogen and oxygen atoms in total. The van der Waals surface area contributed by atoms with Gasteiger partial charge in [0, 0.05) is 24.2 Å². The van der Waals surface area contributed by atoms with Gasteiger partial charge in [-0.05, 0) is 31.7 Å². The van der Waals surface area contributed by atoms with E-state index in [1.54, 1.807) is 25.3 Å². The first-order chi connectivity index (χ1) is 9.64. The van der Waals surface area contributed by atoms with E-state index in [0.29, 0.717) is 25.2 Å². The van der Waals surface area contributed by atoms with Crippen molar-refractivity contribution in [3.05, 3.63) is 29.3 Å². The molecule has 1 aromatic rings. The molecule has 0 spiro atoms. The number of hydrogen-bond donors (Lipinski definition) is 1. The quantitative estimate of drug-likeness (QED) is 0.732. The van der Waals surface area contributed by atoms with Gasteiger partial charge in [-0.15, -0.1) is 0 Å². The highest BCUT2D eigenvalue weighted by molar-refractivity contribution is 5.78. The highest BCUT2D eigenvalue weighted by atomic mass is 16.5. The van der Waals surface area contributed by atoms with Gasteiger partial charge in [-0.1, -0.05) is 6.92 Å². The van der Waals surface area contributed by atoms with Gasteiger partial charge < -0.3 is 10.1 Å². The molecule has 0 saturated carbocycles. The van der Waals surface area contributed by atoms with Gasteiger partial charge in [-0.25, -0.2) is 0 Å². The lowest BCUT2D eigenvalue weighted by Gasteiger charge is -2.21. The lowest BCUT2D eigenvalue weighted by molar-refractivity contribution is -0.122. The molecule has 0 unspecified atom stereocenters. The topological polar surface area (TPSA) is 58.6 Å². The molecule has 0 heterocycles. The minimum Gasteiger partial charge on any atom is -0.496 e. The van der Waals surface area contributed by atoms with Gasteiger partial charge in [-0.2, -0.15) is 0 Å². The maximum atomic E-state index is 11.6. The van der Waals surface area contributed by atoms with Gasteiger partial charge in [0.15, 0.2) is 0 Å². The summed E-state index contributed by atoms with van der Waals surface area (Å²) in [7, 11) is 1.60. The van der Waals surface area contributed by atoms with Crippen molar-refractivity contribution in [1.82, 2.24) is 10.2 Å². The molecule has 0 aliphatic heterocycles. The number of benzene rings is 1. The first-order valence-corrected chi connectivity index (χ1v) is 6.75. The molecule has 0 saturated heterocycles. The Balaban J connectivity index is 2.82. The molecule has 1 rings (SSSR count). The maximum absolute atomic E-state index is 11.6. The van der Waals surface area contributed by atoms with Gasteiger partial charge in [0.05, 0.1) is 13.7 Å². The Bertz CT molecular complexity index is 460. The minimum atomic E-state index is -0.000131. The number of hydrogen-bond acceptors (Lipinski definition) is 4. The van der Waals surface area contributed by atoms with Crippen LogP contribution in [0.5, 0.6) is 5.75 Å². The van der Waals surface area contributed by atoms with Gasteiger partial charge in [0.1, 0.15) is 12.0 Å². The number of likely N-dealkylation sites (N-methyl/N-ethyl adjacent to an activating group) is 2. The van der Waals surface area contributed by atoms with Gasteiger partial charge in [-0.3, -0.25) is 14.5 Å². The molecule has 0 aromatic heterocycles. The summed E-state index contributed by atoms with van der Waals surface area (Å²) in [5.41, 5.74) is 1.51. The molecule has 0 aliphatic rings. The average molecular weight is 278 g/mol. The Morgan fingerprint density at radius 3 is 2.70 bits per heavy atom. The van der Waals surface area contributed by atoms with Crippen LogP contribution in [-0.4, -0.2) is 43.8 Å². The fourth-order valence-corrected chi connectivity index (χ4v) is 1.97. The minimum absolute atomic E-state index is 0.000131. The SMILES string of the molecule is CCNC(=O)CN(CC)Cc1cc(C=O)ccc1OC. The van der Waals surface area contributed by atoms with E-state index in [2.05, 4.69) is 5.32 Å². The normalized spacial score (nSPS) is 10.4. The predicted molar refractivity (Wildman–Crippen MR) is 78.0 cm³/mol. The summed E-state index contributed by atoms with van der Waals surface area (Å²) in [6.07, 6.45) is 0.809. The smallest absolute Gasteiger partial charge is 0.234 e. The summed E-state index contributed by atoms with van der Waals surface area (Å²) in [6, 6.07) is 5.29.